The summed E-state index contributed by atoms with van der Waals surface area (Å²) in [5, 5.41) is 10.2. The summed E-state index contributed by atoms with van der Waals surface area (Å²) in [5.41, 5.74) is 2.21. The van der Waals surface area contributed by atoms with E-state index in [4.69, 9.17) is 11.6 Å². The Balaban J connectivity index is 2.18. The van der Waals surface area contributed by atoms with Gasteiger partial charge in [0.2, 0.25) is 0 Å². The van der Waals surface area contributed by atoms with Gasteiger partial charge in [0.1, 0.15) is 23.9 Å². The number of aromatic hydroxyl groups is 1. The molecule has 0 fully saturated rings. The quantitative estimate of drug-likeness (QED) is 0.866. The van der Waals surface area contributed by atoms with Gasteiger partial charge in [-0.2, -0.15) is 0 Å². The summed E-state index contributed by atoms with van der Waals surface area (Å²) in [7, 11) is 1.80. The zero-order chi connectivity index (χ0) is 15.0. The highest BCUT2D eigenvalue weighted by Crippen LogP contribution is 2.36. The molecule has 106 valence electrons. The van der Waals surface area contributed by atoms with Crippen molar-refractivity contribution in [1.29, 1.82) is 0 Å². The lowest BCUT2D eigenvalue weighted by Gasteiger charge is -2.32. The number of carbonyl (C=O) groups is 1. The SMILES string of the molecule is CN1C(c2cccc(Cl)c2)=Nc2ccc(O)cc2C1C=O. The van der Waals surface area contributed by atoms with E-state index in [0.717, 1.165) is 11.8 Å². The number of amidine groups is 1. The van der Waals surface area contributed by atoms with Crippen molar-refractivity contribution in [2.24, 2.45) is 4.99 Å². The number of phenols is 1. The van der Waals surface area contributed by atoms with Gasteiger partial charge in [0.25, 0.3) is 0 Å². The van der Waals surface area contributed by atoms with Gasteiger partial charge in [-0.15, -0.1) is 0 Å². The fourth-order valence-corrected chi connectivity index (χ4v) is 2.66. The second-order valence-corrected chi connectivity index (χ2v) is 5.32. The molecule has 5 heteroatoms. The van der Waals surface area contributed by atoms with Crippen molar-refractivity contribution in [1.82, 2.24) is 4.90 Å². The Bertz CT molecular complexity index is 743. The number of phenolic OH excluding ortho intramolecular Hbond substituents is 1. The molecule has 1 heterocycles. The Kier molecular flexibility index (Phi) is 3.39. The summed E-state index contributed by atoms with van der Waals surface area (Å²) in [5.74, 6) is 0.795. The summed E-state index contributed by atoms with van der Waals surface area (Å²) < 4.78 is 0. The molecule has 2 aromatic carbocycles. The summed E-state index contributed by atoms with van der Waals surface area (Å²) in [6.45, 7) is 0. The van der Waals surface area contributed by atoms with Gasteiger partial charge < -0.3 is 14.8 Å². The van der Waals surface area contributed by atoms with Gasteiger partial charge in [-0.1, -0.05) is 23.7 Å². The molecular formula is C16H13ClN2O2. The number of hydrogen-bond acceptors (Lipinski definition) is 4. The molecule has 1 unspecified atom stereocenters. The number of nitrogens with zero attached hydrogens (tertiary/aromatic N) is 2. The van der Waals surface area contributed by atoms with Crippen molar-refractivity contribution in [3.63, 3.8) is 0 Å². The summed E-state index contributed by atoms with van der Waals surface area (Å²) in [4.78, 5) is 17.9. The largest absolute Gasteiger partial charge is 0.508 e. The van der Waals surface area contributed by atoms with Crippen LogP contribution in [-0.4, -0.2) is 29.2 Å². The normalized spacial score (nSPS) is 17.1. The van der Waals surface area contributed by atoms with E-state index in [1.54, 1.807) is 36.2 Å². The summed E-state index contributed by atoms with van der Waals surface area (Å²) in [6.07, 6.45) is 0.845. The second kappa shape index (κ2) is 5.22. The van der Waals surface area contributed by atoms with E-state index in [2.05, 4.69) is 4.99 Å². The van der Waals surface area contributed by atoms with Gasteiger partial charge in [-0.05, 0) is 30.3 Å². The molecule has 0 aliphatic carbocycles. The van der Waals surface area contributed by atoms with Crippen molar-refractivity contribution in [2.45, 2.75) is 6.04 Å². The lowest BCUT2D eigenvalue weighted by atomic mass is 10.0. The number of rotatable bonds is 2. The Labute approximate surface area is 127 Å². The zero-order valence-corrected chi connectivity index (χ0v) is 12.1. The van der Waals surface area contributed by atoms with Gasteiger partial charge in [0, 0.05) is 23.2 Å². The molecule has 0 saturated carbocycles. The van der Waals surface area contributed by atoms with Gasteiger partial charge >= 0.3 is 0 Å². The maximum absolute atomic E-state index is 11.5. The number of fused-ring (bicyclic) bond motifs is 1. The van der Waals surface area contributed by atoms with Crippen LogP contribution < -0.4 is 0 Å². The van der Waals surface area contributed by atoms with E-state index in [9.17, 15) is 9.90 Å². The molecule has 0 amide bonds. The summed E-state index contributed by atoms with van der Waals surface area (Å²) >= 11 is 6.03. The Morgan fingerprint density at radius 2 is 2.10 bits per heavy atom. The van der Waals surface area contributed by atoms with Crippen LogP contribution in [0.4, 0.5) is 5.69 Å². The average Bonchev–Trinajstić information content (AvgIpc) is 2.47. The van der Waals surface area contributed by atoms with Crippen LogP contribution in [0.15, 0.2) is 47.5 Å². The van der Waals surface area contributed by atoms with E-state index in [1.165, 1.54) is 0 Å². The average molecular weight is 301 g/mol. The first-order valence-electron chi connectivity index (χ1n) is 6.46. The molecular weight excluding hydrogens is 288 g/mol. The fraction of sp³-hybridized carbons (Fsp3) is 0.125. The highest BCUT2D eigenvalue weighted by molar-refractivity contribution is 6.31. The van der Waals surface area contributed by atoms with E-state index >= 15 is 0 Å². The van der Waals surface area contributed by atoms with Crippen molar-refractivity contribution in [2.75, 3.05) is 7.05 Å². The van der Waals surface area contributed by atoms with Gasteiger partial charge in [0.05, 0.1) is 5.69 Å². The maximum Gasteiger partial charge on any atom is 0.147 e. The topological polar surface area (TPSA) is 52.9 Å². The minimum atomic E-state index is -0.487. The number of likely N-dealkylation sites (N-methyl/N-ethyl adjacent to an activating group) is 1. The molecule has 21 heavy (non-hydrogen) atoms. The molecule has 1 N–H and O–H groups in total. The fourth-order valence-electron chi connectivity index (χ4n) is 2.47. The monoisotopic (exact) mass is 300 g/mol. The predicted molar refractivity (Wildman–Crippen MR) is 82.3 cm³/mol. The minimum Gasteiger partial charge on any atom is -0.508 e. The molecule has 4 nitrogen and oxygen atoms in total. The van der Waals surface area contributed by atoms with Crippen LogP contribution in [0.5, 0.6) is 5.75 Å². The van der Waals surface area contributed by atoms with Gasteiger partial charge in [0.15, 0.2) is 0 Å². The third kappa shape index (κ3) is 2.38. The number of halogens is 1. The summed E-state index contributed by atoms with van der Waals surface area (Å²) in [6, 6.07) is 11.7. The number of benzene rings is 2. The molecule has 0 bridgehead atoms. The van der Waals surface area contributed by atoms with Crippen molar-refractivity contribution < 1.29 is 9.90 Å². The van der Waals surface area contributed by atoms with Gasteiger partial charge in [-0.25, -0.2) is 4.99 Å². The minimum absolute atomic E-state index is 0.121. The molecule has 1 atom stereocenters. The van der Waals surface area contributed by atoms with E-state index in [-0.39, 0.29) is 5.75 Å². The smallest absolute Gasteiger partial charge is 0.147 e. The van der Waals surface area contributed by atoms with Crippen LogP contribution in [0.25, 0.3) is 0 Å². The standard InChI is InChI=1S/C16H13ClN2O2/c1-19-15(9-20)13-8-12(21)5-6-14(13)18-16(19)10-3-2-4-11(17)7-10/h2-9,15,21H,1H3. The Morgan fingerprint density at radius 3 is 2.81 bits per heavy atom. The van der Waals surface area contributed by atoms with Crippen molar-refractivity contribution >= 4 is 29.4 Å². The Hall–Kier alpha value is -2.33. The van der Waals surface area contributed by atoms with Crippen LogP contribution >= 0.6 is 11.6 Å². The molecule has 1 aliphatic heterocycles. The van der Waals surface area contributed by atoms with Crippen LogP contribution in [0.2, 0.25) is 5.02 Å². The molecule has 2 aromatic rings. The lowest BCUT2D eigenvalue weighted by molar-refractivity contribution is -0.111. The number of hydrogen-bond donors (Lipinski definition) is 1. The van der Waals surface area contributed by atoms with Crippen molar-refractivity contribution in [3.05, 3.63) is 58.6 Å². The van der Waals surface area contributed by atoms with Crippen LogP contribution in [0, 0.1) is 0 Å². The zero-order valence-electron chi connectivity index (χ0n) is 11.3. The Morgan fingerprint density at radius 1 is 1.29 bits per heavy atom. The highest BCUT2D eigenvalue weighted by atomic mass is 35.5. The third-order valence-corrected chi connectivity index (χ3v) is 3.75. The molecule has 0 radical (unpaired) electrons. The number of aliphatic imine (C=N–C) groups is 1. The van der Waals surface area contributed by atoms with Crippen LogP contribution in [0.1, 0.15) is 17.2 Å². The van der Waals surface area contributed by atoms with Gasteiger partial charge in [-0.3, -0.25) is 0 Å². The molecule has 3 rings (SSSR count). The second-order valence-electron chi connectivity index (χ2n) is 4.88. The first-order chi connectivity index (χ1) is 10.1. The number of aldehydes is 1. The number of carbonyl (C=O) groups excluding carboxylic acids is 1. The van der Waals surface area contributed by atoms with Crippen LogP contribution in [0.3, 0.4) is 0 Å². The third-order valence-electron chi connectivity index (χ3n) is 3.52. The molecule has 1 aliphatic rings. The molecule has 0 aromatic heterocycles. The van der Waals surface area contributed by atoms with Crippen LogP contribution in [-0.2, 0) is 4.79 Å². The molecule has 0 saturated heterocycles. The predicted octanol–water partition coefficient (Wildman–Crippen LogP) is 3.31. The van der Waals surface area contributed by atoms with E-state index in [1.807, 2.05) is 18.2 Å². The van der Waals surface area contributed by atoms with E-state index < -0.39 is 6.04 Å². The first-order valence-corrected chi connectivity index (χ1v) is 6.83. The maximum atomic E-state index is 11.5. The van der Waals surface area contributed by atoms with Crippen molar-refractivity contribution in [3.8, 4) is 5.75 Å². The lowest BCUT2D eigenvalue weighted by Crippen LogP contribution is -2.35. The highest BCUT2D eigenvalue weighted by Gasteiger charge is 2.28. The van der Waals surface area contributed by atoms with E-state index in [0.29, 0.717) is 22.1 Å². The first kappa shape index (κ1) is 13.6. The molecule has 0 spiro atoms.